The molecule has 0 aliphatic carbocycles. The molecule has 0 amide bonds. The largest absolute Gasteiger partial charge is 0.494 e. The highest BCUT2D eigenvalue weighted by molar-refractivity contribution is 6.62. The molecule has 1 aliphatic rings. The van der Waals surface area contributed by atoms with E-state index >= 15 is 0 Å². The van der Waals surface area contributed by atoms with E-state index in [9.17, 15) is 0 Å². The van der Waals surface area contributed by atoms with E-state index in [1.54, 1.807) is 0 Å². The van der Waals surface area contributed by atoms with E-state index < -0.39 is 0 Å². The fraction of sp³-hybridized carbons (Fsp3) is 0.139. The van der Waals surface area contributed by atoms with Gasteiger partial charge in [0.2, 0.25) is 0 Å². The second kappa shape index (κ2) is 9.74. The molecule has 0 saturated carbocycles. The summed E-state index contributed by atoms with van der Waals surface area (Å²) in [5, 5.41) is 4.99. The lowest BCUT2D eigenvalue weighted by atomic mass is 9.78. The predicted octanol–water partition coefficient (Wildman–Crippen LogP) is 8.30. The lowest BCUT2D eigenvalue weighted by Crippen LogP contribution is -2.34. The van der Waals surface area contributed by atoms with Crippen molar-refractivity contribution < 1.29 is 9.31 Å². The number of hydrogen-bond donors (Lipinski definition) is 0. The molecule has 5 aromatic carbocycles. The zero-order valence-corrected chi connectivity index (χ0v) is 23.0. The van der Waals surface area contributed by atoms with Crippen LogP contribution in [0.2, 0.25) is 0 Å². The maximum Gasteiger partial charge on any atom is 0.494 e. The second-order valence-electron chi connectivity index (χ2n) is 11.1. The van der Waals surface area contributed by atoms with Gasteiger partial charge in [0.25, 0.3) is 0 Å². The summed E-state index contributed by atoms with van der Waals surface area (Å²) in [6, 6.07) is 41.0. The molecule has 0 radical (unpaired) electrons. The van der Waals surface area contributed by atoms with Crippen LogP contribution in [0.25, 0.3) is 55.1 Å². The van der Waals surface area contributed by atoms with Crippen molar-refractivity contribution in [2.75, 3.05) is 0 Å². The standard InChI is InChI=1S/C36H30BNO2/c1-24-36(2,3)40-37(39-24)28-21-19-27(20-22-28)35-32-13-7-5-11-30(32)29-10-4-6-12-31(29)34(35)26-17-15-25(16-18-26)33-14-8-9-23-38-33/h4-24H,1-3H3. The topological polar surface area (TPSA) is 31.4 Å². The van der Waals surface area contributed by atoms with Gasteiger partial charge in [-0.2, -0.15) is 0 Å². The Morgan fingerprint density at radius 2 is 1.10 bits per heavy atom. The normalized spacial score (nSPS) is 16.6. The third kappa shape index (κ3) is 4.21. The van der Waals surface area contributed by atoms with Gasteiger partial charge in [-0.15, -0.1) is 0 Å². The van der Waals surface area contributed by atoms with E-state index in [2.05, 4.69) is 123 Å². The van der Waals surface area contributed by atoms with Crippen molar-refractivity contribution in [2.24, 2.45) is 0 Å². The molecule has 1 fully saturated rings. The van der Waals surface area contributed by atoms with Crippen LogP contribution in [-0.2, 0) is 9.31 Å². The molecule has 4 heteroatoms. The van der Waals surface area contributed by atoms with Crippen LogP contribution in [0.3, 0.4) is 0 Å². The van der Waals surface area contributed by atoms with Gasteiger partial charge in [-0.1, -0.05) is 103 Å². The van der Waals surface area contributed by atoms with Crippen molar-refractivity contribution in [1.29, 1.82) is 0 Å². The van der Waals surface area contributed by atoms with Gasteiger partial charge < -0.3 is 9.31 Å². The first-order valence-electron chi connectivity index (χ1n) is 13.9. The molecule has 1 atom stereocenters. The summed E-state index contributed by atoms with van der Waals surface area (Å²) in [5.74, 6) is 0. The highest BCUT2D eigenvalue weighted by atomic mass is 16.7. The highest BCUT2D eigenvalue weighted by Gasteiger charge is 2.43. The Hall–Kier alpha value is -4.25. The van der Waals surface area contributed by atoms with E-state index in [1.165, 1.54) is 43.8 Å². The molecule has 0 N–H and O–H groups in total. The third-order valence-corrected chi connectivity index (χ3v) is 8.26. The molecule has 1 aliphatic heterocycles. The number of hydrogen-bond acceptors (Lipinski definition) is 3. The van der Waals surface area contributed by atoms with E-state index in [1.807, 2.05) is 24.4 Å². The molecule has 40 heavy (non-hydrogen) atoms. The van der Waals surface area contributed by atoms with E-state index in [0.29, 0.717) is 0 Å². The van der Waals surface area contributed by atoms with Gasteiger partial charge in [-0.25, -0.2) is 0 Å². The van der Waals surface area contributed by atoms with E-state index in [0.717, 1.165) is 16.7 Å². The Balaban J connectivity index is 1.42. The first-order valence-corrected chi connectivity index (χ1v) is 13.9. The van der Waals surface area contributed by atoms with Gasteiger partial charge in [0.1, 0.15) is 0 Å². The SMILES string of the molecule is CC1OB(c2ccc(-c3c(-c4ccc(-c5ccccn5)cc4)c4ccccc4c4ccccc34)cc2)OC1(C)C. The molecule has 194 valence electrons. The molecule has 1 aromatic heterocycles. The van der Waals surface area contributed by atoms with Crippen molar-refractivity contribution in [3.8, 4) is 33.5 Å². The molecule has 3 nitrogen and oxygen atoms in total. The van der Waals surface area contributed by atoms with Crippen LogP contribution in [0.4, 0.5) is 0 Å². The van der Waals surface area contributed by atoms with Crippen LogP contribution in [0, 0.1) is 0 Å². The van der Waals surface area contributed by atoms with Crippen LogP contribution in [0.15, 0.2) is 121 Å². The molecule has 1 unspecified atom stereocenters. The van der Waals surface area contributed by atoms with Crippen LogP contribution in [0.5, 0.6) is 0 Å². The molecule has 7 rings (SSSR count). The Morgan fingerprint density at radius 3 is 1.60 bits per heavy atom. The van der Waals surface area contributed by atoms with Crippen molar-refractivity contribution in [1.82, 2.24) is 4.98 Å². The third-order valence-electron chi connectivity index (χ3n) is 8.26. The summed E-state index contributed by atoms with van der Waals surface area (Å²) in [6.45, 7) is 6.23. The molecule has 2 heterocycles. The minimum atomic E-state index is -0.356. The maximum atomic E-state index is 6.23. The highest BCUT2D eigenvalue weighted by Crippen LogP contribution is 2.44. The number of nitrogens with zero attached hydrogens (tertiary/aromatic N) is 1. The fourth-order valence-electron chi connectivity index (χ4n) is 5.78. The summed E-state index contributed by atoms with van der Waals surface area (Å²) in [6.07, 6.45) is 1.87. The maximum absolute atomic E-state index is 6.23. The zero-order chi connectivity index (χ0) is 27.3. The summed E-state index contributed by atoms with van der Waals surface area (Å²) < 4.78 is 12.4. The van der Waals surface area contributed by atoms with Crippen LogP contribution in [0.1, 0.15) is 20.8 Å². The lowest BCUT2D eigenvalue weighted by Gasteiger charge is -2.21. The summed E-state index contributed by atoms with van der Waals surface area (Å²) in [4.78, 5) is 4.54. The van der Waals surface area contributed by atoms with Crippen molar-refractivity contribution >= 4 is 34.1 Å². The monoisotopic (exact) mass is 519 g/mol. The fourth-order valence-corrected chi connectivity index (χ4v) is 5.78. The van der Waals surface area contributed by atoms with Crippen LogP contribution >= 0.6 is 0 Å². The lowest BCUT2D eigenvalue weighted by molar-refractivity contribution is 0.0842. The Morgan fingerprint density at radius 1 is 0.600 bits per heavy atom. The van der Waals surface area contributed by atoms with Gasteiger partial charge in [0.05, 0.1) is 17.4 Å². The van der Waals surface area contributed by atoms with Crippen LogP contribution in [-0.4, -0.2) is 23.8 Å². The molecule has 0 spiro atoms. The minimum absolute atomic E-state index is 0.0299. The first-order chi connectivity index (χ1) is 19.5. The van der Waals surface area contributed by atoms with Gasteiger partial charge in [0.15, 0.2) is 0 Å². The van der Waals surface area contributed by atoms with Crippen molar-refractivity contribution in [3.63, 3.8) is 0 Å². The van der Waals surface area contributed by atoms with Crippen LogP contribution < -0.4 is 5.46 Å². The summed E-state index contributed by atoms with van der Waals surface area (Å²) in [5.41, 5.74) is 7.61. The first kappa shape index (κ1) is 24.8. The van der Waals surface area contributed by atoms with Gasteiger partial charge in [-0.05, 0) is 82.2 Å². The quantitative estimate of drug-likeness (QED) is 0.173. The molecular formula is C36H30BNO2. The Labute approximate surface area is 235 Å². The molecule has 1 saturated heterocycles. The van der Waals surface area contributed by atoms with Crippen molar-refractivity contribution in [3.05, 3.63) is 121 Å². The second-order valence-corrected chi connectivity index (χ2v) is 11.1. The molecule has 0 bridgehead atoms. The number of rotatable bonds is 4. The zero-order valence-electron chi connectivity index (χ0n) is 23.0. The smallest absolute Gasteiger partial charge is 0.402 e. The van der Waals surface area contributed by atoms with E-state index in [4.69, 9.17) is 9.31 Å². The van der Waals surface area contributed by atoms with Gasteiger partial charge >= 0.3 is 7.12 Å². The van der Waals surface area contributed by atoms with Gasteiger partial charge in [0, 0.05) is 11.8 Å². The minimum Gasteiger partial charge on any atom is -0.402 e. The number of pyridine rings is 1. The van der Waals surface area contributed by atoms with E-state index in [-0.39, 0.29) is 18.8 Å². The number of benzene rings is 5. The molecular weight excluding hydrogens is 489 g/mol. The van der Waals surface area contributed by atoms with Gasteiger partial charge in [-0.3, -0.25) is 4.98 Å². The number of aromatic nitrogens is 1. The summed E-state index contributed by atoms with van der Waals surface area (Å²) in [7, 11) is -0.356. The average molecular weight is 519 g/mol. The van der Waals surface area contributed by atoms with Crippen molar-refractivity contribution in [2.45, 2.75) is 32.5 Å². The number of fused-ring (bicyclic) bond motifs is 3. The summed E-state index contributed by atoms with van der Waals surface area (Å²) >= 11 is 0. The Kier molecular flexibility index (Phi) is 6.03. The molecule has 6 aromatic rings. The average Bonchev–Trinajstić information content (AvgIpc) is 3.28. The Bertz CT molecular complexity index is 1830. The predicted molar refractivity (Wildman–Crippen MR) is 167 cm³/mol.